The highest BCUT2D eigenvalue weighted by Gasteiger charge is 2.08. The lowest BCUT2D eigenvalue weighted by atomic mass is 10.1. The summed E-state index contributed by atoms with van der Waals surface area (Å²) in [6.07, 6.45) is 9.67. The van der Waals surface area contributed by atoms with E-state index in [1.807, 2.05) is 24.3 Å². The van der Waals surface area contributed by atoms with Gasteiger partial charge in [-0.1, -0.05) is 37.3 Å². The van der Waals surface area contributed by atoms with Crippen molar-refractivity contribution in [1.82, 2.24) is 5.32 Å². The molecule has 0 fully saturated rings. The fourth-order valence-corrected chi connectivity index (χ4v) is 1.37. The highest BCUT2D eigenvalue weighted by atomic mass is 16.3. The highest BCUT2D eigenvalue weighted by molar-refractivity contribution is 5.98. The van der Waals surface area contributed by atoms with Crippen molar-refractivity contribution in [2.45, 2.75) is 13.3 Å². The third-order valence-corrected chi connectivity index (χ3v) is 2.36. The smallest absolute Gasteiger partial charge is 0.227 e. The standard InChI is InChI=1S/C13H17NO3/c1-10-3-2-4-11(6-5-10)8-14-13(17)7-12(16)9-15/h2-6,10,15H,7-9H2,1H3,(H,14,17). The third-order valence-electron chi connectivity index (χ3n) is 2.36. The van der Waals surface area contributed by atoms with E-state index in [2.05, 4.69) is 18.3 Å². The van der Waals surface area contributed by atoms with Crippen LogP contribution in [-0.4, -0.2) is 29.9 Å². The highest BCUT2D eigenvalue weighted by Crippen LogP contribution is 2.08. The number of amides is 1. The largest absolute Gasteiger partial charge is 0.389 e. The van der Waals surface area contributed by atoms with Gasteiger partial charge in [0.15, 0.2) is 5.78 Å². The molecule has 0 bridgehead atoms. The van der Waals surface area contributed by atoms with Gasteiger partial charge in [-0.2, -0.15) is 0 Å². The predicted octanol–water partition coefficient (Wildman–Crippen LogP) is 0.743. The maximum absolute atomic E-state index is 11.3. The topological polar surface area (TPSA) is 66.4 Å². The molecule has 0 radical (unpaired) electrons. The van der Waals surface area contributed by atoms with Crippen molar-refractivity contribution in [2.24, 2.45) is 5.92 Å². The molecule has 1 rings (SSSR count). The maximum atomic E-state index is 11.3. The van der Waals surface area contributed by atoms with Crippen LogP contribution in [0.3, 0.4) is 0 Å². The Morgan fingerprint density at radius 2 is 2.18 bits per heavy atom. The number of nitrogens with one attached hydrogen (secondary N) is 1. The van der Waals surface area contributed by atoms with Crippen molar-refractivity contribution < 1.29 is 14.7 Å². The number of rotatable bonds is 5. The second-order valence-electron chi connectivity index (χ2n) is 4.00. The van der Waals surface area contributed by atoms with Crippen molar-refractivity contribution in [3.63, 3.8) is 0 Å². The van der Waals surface area contributed by atoms with Crippen molar-refractivity contribution in [2.75, 3.05) is 13.2 Å². The average Bonchev–Trinajstić information content (AvgIpc) is 2.51. The van der Waals surface area contributed by atoms with E-state index in [-0.39, 0.29) is 12.3 Å². The molecule has 1 amide bonds. The van der Waals surface area contributed by atoms with E-state index in [9.17, 15) is 9.59 Å². The summed E-state index contributed by atoms with van der Waals surface area (Å²) in [5, 5.41) is 11.1. The SMILES string of the molecule is CC1C=CC=C(CNC(=O)CC(=O)CO)C=C1. The molecular weight excluding hydrogens is 218 g/mol. The van der Waals surface area contributed by atoms with E-state index in [1.54, 1.807) is 0 Å². The first-order chi connectivity index (χ1) is 8.11. The van der Waals surface area contributed by atoms with Gasteiger partial charge in [0.2, 0.25) is 5.91 Å². The van der Waals surface area contributed by atoms with E-state index in [0.717, 1.165) is 5.57 Å². The van der Waals surface area contributed by atoms with Gasteiger partial charge in [0.1, 0.15) is 6.61 Å². The Kier molecular flexibility index (Phi) is 5.36. The van der Waals surface area contributed by atoms with Crippen molar-refractivity contribution in [1.29, 1.82) is 0 Å². The zero-order valence-electron chi connectivity index (χ0n) is 9.85. The van der Waals surface area contributed by atoms with Crippen LogP contribution in [0.2, 0.25) is 0 Å². The number of aliphatic hydroxyl groups excluding tert-OH is 1. The third kappa shape index (κ3) is 5.26. The Labute approximate surface area is 101 Å². The molecule has 0 aliphatic heterocycles. The van der Waals surface area contributed by atoms with Gasteiger partial charge in [-0.25, -0.2) is 0 Å². The summed E-state index contributed by atoms with van der Waals surface area (Å²) in [6, 6.07) is 0. The Morgan fingerprint density at radius 3 is 2.88 bits per heavy atom. The number of carbonyl (C=O) groups is 2. The van der Waals surface area contributed by atoms with Gasteiger partial charge in [0.05, 0.1) is 6.42 Å². The Morgan fingerprint density at radius 1 is 1.41 bits per heavy atom. The number of hydrogen-bond donors (Lipinski definition) is 2. The zero-order valence-corrected chi connectivity index (χ0v) is 9.85. The minimum absolute atomic E-state index is 0.264. The summed E-state index contributed by atoms with van der Waals surface area (Å²) in [5.41, 5.74) is 0.982. The van der Waals surface area contributed by atoms with Gasteiger partial charge in [-0.15, -0.1) is 0 Å². The summed E-state index contributed by atoms with van der Waals surface area (Å²) in [5.74, 6) is -0.448. The van der Waals surface area contributed by atoms with E-state index in [4.69, 9.17) is 5.11 Å². The summed E-state index contributed by atoms with van der Waals surface area (Å²) >= 11 is 0. The normalized spacial score (nSPS) is 18.5. The lowest BCUT2D eigenvalue weighted by molar-refractivity contribution is -0.129. The van der Waals surface area contributed by atoms with E-state index in [1.165, 1.54) is 0 Å². The molecule has 4 heteroatoms. The molecule has 0 spiro atoms. The van der Waals surface area contributed by atoms with Crippen LogP contribution >= 0.6 is 0 Å². The van der Waals surface area contributed by atoms with Crippen LogP contribution in [0.25, 0.3) is 0 Å². The summed E-state index contributed by atoms with van der Waals surface area (Å²) in [4.78, 5) is 22.1. The van der Waals surface area contributed by atoms with Crippen LogP contribution < -0.4 is 5.32 Å². The monoisotopic (exact) mass is 235 g/mol. The minimum Gasteiger partial charge on any atom is -0.389 e. The molecule has 17 heavy (non-hydrogen) atoms. The molecule has 4 nitrogen and oxygen atoms in total. The van der Waals surface area contributed by atoms with Crippen LogP contribution in [0.1, 0.15) is 13.3 Å². The minimum atomic E-state index is -0.587. The molecule has 1 unspecified atom stereocenters. The average molecular weight is 235 g/mol. The molecule has 1 atom stereocenters. The van der Waals surface area contributed by atoms with Gasteiger partial charge in [-0.05, 0) is 11.5 Å². The quantitative estimate of drug-likeness (QED) is 0.691. The molecule has 2 N–H and O–H groups in total. The molecule has 0 saturated heterocycles. The molecule has 0 aromatic rings. The van der Waals surface area contributed by atoms with Crippen molar-refractivity contribution in [3.8, 4) is 0 Å². The van der Waals surface area contributed by atoms with E-state index in [0.29, 0.717) is 12.5 Å². The molecule has 0 aromatic heterocycles. The molecule has 92 valence electrons. The van der Waals surface area contributed by atoms with E-state index < -0.39 is 12.4 Å². The second kappa shape index (κ2) is 6.81. The van der Waals surface area contributed by atoms with Crippen LogP contribution in [0.15, 0.2) is 36.0 Å². The summed E-state index contributed by atoms with van der Waals surface area (Å²) in [7, 11) is 0. The number of Topliss-reactive ketones (excluding diaryl/α,β-unsaturated/α-hetero) is 1. The van der Waals surface area contributed by atoms with Crippen LogP contribution in [-0.2, 0) is 9.59 Å². The lowest BCUT2D eigenvalue weighted by Crippen LogP contribution is -2.28. The number of aliphatic hydroxyl groups is 1. The van der Waals surface area contributed by atoms with Crippen LogP contribution in [0, 0.1) is 5.92 Å². The van der Waals surface area contributed by atoms with Gasteiger partial charge in [0.25, 0.3) is 0 Å². The molecule has 0 saturated carbocycles. The predicted molar refractivity (Wildman–Crippen MR) is 65.2 cm³/mol. The first-order valence-corrected chi connectivity index (χ1v) is 5.56. The first kappa shape index (κ1) is 13.4. The number of ketones is 1. The molecule has 0 aromatic carbocycles. The Bertz CT molecular complexity index is 380. The van der Waals surface area contributed by atoms with Gasteiger partial charge in [0, 0.05) is 6.54 Å². The van der Waals surface area contributed by atoms with E-state index >= 15 is 0 Å². The van der Waals surface area contributed by atoms with Gasteiger partial charge in [-0.3, -0.25) is 9.59 Å². The lowest BCUT2D eigenvalue weighted by Gasteiger charge is -2.04. The first-order valence-electron chi connectivity index (χ1n) is 5.56. The van der Waals surface area contributed by atoms with Crippen LogP contribution in [0.5, 0.6) is 0 Å². The number of hydrogen-bond acceptors (Lipinski definition) is 3. The van der Waals surface area contributed by atoms with Crippen LogP contribution in [0.4, 0.5) is 0 Å². The maximum Gasteiger partial charge on any atom is 0.227 e. The molecule has 1 aliphatic carbocycles. The molecule has 1 aliphatic rings. The number of carbonyl (C=O) groups excluding carboxylic acids is 2. The fourth-order valence-electron chi connectivity index (χ4n) is 1.37. The zero-order chi connectivity index (χ0) is 12.7. The van der Waals surface area contributed by atoms with Gasteiger partial charge < -0.3 is 10.4 Å². The summed E-state index contributed by atoms with van der Waals surface area (Å²) < 4.78 is 0. The Hall–Kier alpha value is -1.68. The fraction of sp³-hybridized carbons (Fsp3) is 0.385. The number of allylic oxidation sites excluding steroid dienone is 4. The molecule has 0 heterocycles. The van der Waals surface area contributed by atoms with Gasteiger partial charge >= 0.3 is 0 Å². The van der Waals surface area contributed by atoms with Crippen molar-refractivity contribution >= 4 is 11.7 Å². The van der Waals surface area contributed by atoms with Crippen molar-refractivity contribution in [3.05, 3.63) is 36.0 Å². The summed E-state index contributed by atoms with van der Waals surface area (Å²) in [6.45, 7) is 1.88. The second-order valence-corrected chi connectivity index (χ2v) is 4.00. The molecular formula is C13H17NO3. The Balaban J connectivity index is 2.38.